The molecule has 0 aromatic rings. The van der Waals surface area contributed by atoms with E-state index < -0.39 is 0 Å². The minimum atomic E-state index is 0.0220. The minimum absolute atomic E-state index is 0.0220. The molecule has 1 rings (SSSR count). The molecule has 1 aliphatic rings. The molecular weight excluding hydrogens is 162 g/mol. The fraction of sp³-hybridized carbons (Fsp3) is 0.625. The van der Waals surface area contributed by atoms with Crippen LogP contribution in [0.5, 0.6) is 0 Å². The lowest BCUT2D eigenvalue weighted by Gasteiger charge is -2.11. The molecule has 2 nitrogen and oxygen atoms in total. The Labute approximate surface area is 72.8 Å². The summed E-state index contributed by atoms with van der Waals surface area (Å²) >= 11 is 5.64. The van der Waals surface area contributed by atoms with Gasteiger partial charge in [0, 0.05) is 13.5 Å². The molecule has 0 fully saturated rings. The van der Waals surface area contributed by atoms with E-state index in [1.807, 2.05) is 19.9 Å². The Morgan fingerprint density at radius 3 is 2.36 bits per heavy atom. The third-order valence-electron chi connectivity index (χ3n) is 1.30. The molecule has 0 spiro atoms. The summed E-state index contributed by atoms with van der Waals surface area (Å²) in [7, 11) is 0. The molecule has 11 heavy (non-hydrogen) atoms. The van der Waals surface area contributed by atoms with Crippen molar-refractivity contribution in [3.05, 3.63) is 11.2 Å². The van der Waals surface area contributed by atoms with E-state index in [1.165, 1.54) is 6.92 Å². The number of hydrogen-bond acceptors (Lipinski definition) is 1. The lowest BCUT2D eigenvalue weighted by molar-refractivity contribution is -0.126. The summed E-state index contributed by atoms with van der Waals surface area (Å²) in [5, 5.41) is 0.572. The van der Waals surface area contributed by atoms with Gasteiger partial charge in [0.1, 0.15) is 5.16 Å². The van der Waals surface area contributed by atoms with Gasteiger partial charge in [-0.3, -0.25) is 4.79 Å². The van der Waals surface area contributed by atoms with Crippen molar-refractivity contribution in [2.75, 3.05) is 6.54 Å². The van der Waals surface area contributed by atoms with Crippen LogP contribution in [0.2, 0.25) is 0 Å². The molecular formula is C8H14ClNO. The van der Waals surface area contributed by atoms with Crippen molar-refractivity contribution >= 4 is 17.5 Å². The van der Waals surface area contributed by atoms with E-state index in [0.29, 0.717) is 5.16 Å². The van der Waals surface area contributed by atoms with Crippen LogP contribution in [0.1, 0.15) is 27.2 Å². The number of rotatable bonds is 0. The molecule has 64 valence electrons. The maximum absolute atomic E-state index is 10.7. The molecule has 3 heteroatoms. The molecule has 0 saturated heterocycles. The van der Waals surface area contributed by atoms with Gasteiger partial charge in [-0.2, -0.15) is 0 Å². The smallest absolute Gasteiger partial charge is 0.224 e. The lowest BCUT2D eigenvalue weighted by Crippen LogP contribution is -2.22. The minimum Gasteiger partial charge on any atom is -0.303 e. The van der Waals surface area contributed by atoms with E-state index >= 15 is 0 Å². The van der Waals surface area contributed by atoms with Gasteiger partial charge in [0.25, 0.3) is 0 Å². The second kappa shape index (κ2) is 5.19. The van der Waals surface area contributed by atoms with E-state index in [4.69, 9.17) is 11.6 Å². The van der Waals surface area contributed by atoms with Crippen LogP contribution in [-0.4, -0.2) is 17.4 Å². The van der Waals surface area contributed by atoms with Crippen LogP contribution in [0.3, 0.4) is 0 Å². The molecule has 0 aromatic heterocycles. The highest BCUT2D eigenvalue weighted by Crippen LogP contribution is 2.17. The molecule has 1 heterocycles. The molecule has 1 amide bonds. The standard InChI is InChI=1S/C6H8ClNO.C2H6/c1-5(9)8-4-2-3-6(8)7;1-2/h3H,2,4H2,1H3;1-2H3. The molecule has 0 bridgehead atoms. The Bertz CT molecular complexity index is 165. The van der Waals surface area contributed by atoms with Gasteiger partial charge >= 0.3 is 0 Å². The zero-order chi connectivity index (χ0) is 8.85. The predicted molar refractivity (Wildman–Crippen MR) is 47.3 cm³/mol. The Kier molecular flexibility index (Phi) is 4.95. The first-order valence-electron chi connectivity index (χ1n) is 3.85. The second-order valence-electron chi connectivity index (χ2n) is 1.99. The fourth-order valence-electron chi connectivity index (χ4n) is 0.838. The van der Waals surface area contributed by atoms with E-state index in [9.17, 15) is 4.79 Å². The van der Waals surface area contributed by atoms with Crippen molar-refractivity contribution in [1.29, 1.82) is 0 Å². The van der Waals surface area contributed by atoms with Crippen molar-refractivity contribution in [2.24, 2.45) is 0 Å². The van der Waals surface area contributed by atoms with Gasteiger partial charge < -0.3 is 4.90 Å². The van der Waals surface area contributed by atoms with E-state index in [-0.39, 0.29) is 5.91 Å². The van der Waals surface area contributed by atoms with Crippen LogP contribution in [0.25, 0.3) is 0 Å². The van der Waals surface area contributed by atoms with Gasteiger partial charge in [0.05, 0.1) is 0 Å². The number of halogens is 1. The number of hydrogen-bond donors (Lipinski definition) is 0. The number of carbonyl (C=O) groups excluding carboxylic acids is 1. The Balaban J connectivity index is 0.000000461. The van der Waals surface area contributed by atoms with Crippen molar-refractivity contribution in [1.82, 2.24) is 4.90 Å². The Morgan fingerprint density at radius 1 is 1.64 bits per heavy atom. The molecule has 0 saturated carbocycles. The van der Waals surface area contributed by atoms with Gasteiger partial charge in [0.2, 0.25) is 5.91 Å². The normalized spacial score (nSPS) is 15.3. The maximum atomic E-state index is 10.7. The zero-order valence-corrected chi connectivity index (χ0v) is 7.98. The Hall–Kier alpha value is -0.500. The summed E-state index contributed by atoms with van der Waals surface area (Å²) in [5.41, 5.74) is 0. The van der Waals surface area contributed by atoms with Crippen molar-refractivity contribution < 1.29 is 4.79 Å². The number of nitrogens with zero attached hydrogens (tertiary/aromatic N) is 1. The van der Waals surface area contributed by atoms with Crippen LogP contribution >= 0.6 is 11.6 Å². The number of amides is 1. The summed E-state index contributed by atoms with van der Waals surface area (Å²) < 4.78 is 0. The summed E-state index contributed by atoms with van der Waals surface area (Å²) in [4.78, 5) is 12.2. The van der Waals surface area contributed by atoms with E-state index in [1.54, 1.807) is 4.90 Å². The van der Waals surface area contributed by atoms with Gasteiger partial charge in [-0.1, -0.05) is 25.4 Å². The molecule has 0 aromatic carbocycles. The van der Waals surface area contributed by atoms with Gasteiger partial charge in [-0.15, -0.1) is 0 Å². The van der Waals surface area contributed by atoms with Crippen LogP contribution < -0.4 is 0 Å². The molecule has 1 aliphatic heterocycles. The molecule has 0 radical (unpaired) electrons. The second-order valence-corrected chi connectivity index (χ2v) is 2.37. The van der Waals surface area contributed by atoms with Crippen molar-refractivity contribution in [3.63, 3.8) is 0 Å². The highest BCUT2D eigenvalue weighted by Gasteiger charge is 2.15. The van der Waals surface area contributed by atoms with E-state index in [0.717, 1.165) is 13.0 Å². The monoisotopic (exact) mass is 175 g/mol. The Morgan fingerprint density at radius 2 is 2.18 bits per heavy atom. The highest BCUT2D eigenvalue weighted by atomic mass is 35.5. The molecule has 0 atom stereocenters. The average molecular weight is 176 g/mol. The largest absolute Gasteiger partial charge is 0.303 e. The van der Waals surface area contributed by atoms with Gasteiger partial charge in [0.15, 0.2) is 0 Å². The van der Waals surface area contributed by atoms with Crippen molar-refractivity contribution in [2.45, 2.75) is 27.2 Å². The summed E-state index contributed by atoms with van der Waals surface area (Å²) in [6.45, 7) is 6.26. The van der Waals surface area contributed by atoms with Crippen LogP contribution in [0.4, 0.5) is 0 Å². The summed E-state index contributed by atoms with van der Waals surface area (Å²) in [6.07, 6.45) is 2.74. The topological polar surface area (TPSA) is 20.3 Å². The highest BCUT2D eigenvalue weighted by molar-refractivity contribution is 6.30. The molecule has 0 N–H and O–H groups in total. The lowest BCUT2D eigenvalue weighted by atomic mass is 10.5. The van der Waals surface area contributed by atoms with Crippen LogP contribution in [-0.2, 0) is 4.79 Å². The zero-order valence-electron chi connectivity index (χ0n) is 7.22. The summed E-state index contributed by atoms with van der Waals surface area (Å²) in [6, 6.07) is 0. The van der Waals surface area contributed by atoms with Crippen LogP contribution in [0.15, 0.2) is 11.2 Å². The first-order valence-corrected chi connectivity index (χ1v) is 4.23. The molecule has 0 aliphatic carbocycles. The summed E-state index contributed by atoms with van der Waals surface area (Å²) in [5.74, 6) is 0.0220. The third kappa shape index (κ3) is 2.93. The first kappa shape index (κ1) is 10.5. The fourth-order valence-corrected chi connectivity index (χ4v) is 1.15. The average Bonchev–Trinajstić information content (AvgIpc) is 2.39. The van der Waals surface area contributed by atoms with Crippen LogP contribution in [0, 0.1) is 0 Å². The predicted octanol–water partition coefficient (Wildman–Crippen LogP) is 2.35. The SMILES string of the molecule is CC.CC(=O)N1CCC=C1Cl. The molecule has 0 unspecified atom stereocenters. The quantitative estimate of drug-likeness (QED) is 0.518. The van der Waals surface area contributed by atoms with Gasteiger partial charge in [-0.05, 0) is 12.5 Å². The van der Waals surface area contributed by atoms with E-state index in [2.05, 4.69) is 0 Å². The number of carbonyl (C=O) groups is 1. The third-order valence-corrected chi connectivity index (χ3v) is 1.66. The van der Waals surface area contributed by atoms with Gasteiger partial charge in [-0.25, -0.2) is 0 Å². The first-order chi connectivity index (χ1) is 5.22. The van der Waals surface area contributed by atoms with Crippen molar-refractivity contribution in [3.8, 4) is 0 Å². The maximum Gasteiger partial charge on any atom is 0.224 e.